The number of nitrogen functional groups attached to an aromatic ring is 1. The Labute approximate surface area is 174 Å². The Morgan fingerprint density at radius 3 is 2.72 bits per heavy atom. The van der Waals surface area contributed by atoms with Crippen molar-refractivity contribution in [1.29, 1.82) is 0 Å². The molecule has 1 aromatic carbocycles. The molecular formula is C20H27N5O3S. The van der Waals surface area contributed by atoms with Crippen molar-refractivity contribution < 1.29 is 14.9 Å². The Morgan fingerprint density at radius 2 is 2.03 bits per heavy atom. The van der Waals surface area contributed by atoms with Crippen LogP contribution < -0.4 is 10.6 Å². The van der Waals surface area contributed by atoms with Crippen LogP contribution in [0.3, 0.4) is 0 Å². The molecule has 0 bridgehead atoms. The van der Waals surface area contributed by atoms with E-state index in [4.69, 9.17) is 10.5 Å². The molecule has 3 aromatic rings. The second kappa shape index (κ2) is 9.93. The largest absolute Gasteiger partial charge is 0.394 e. The maximum atomic E-state index is 10.4. The van der Waals surface area contributed by atoms with Gasteiger partial charge in [0.2, 0.25) is 0 Å². The third kappa shape index (κ3) is 4.81. The number of thioether (sulfide) groups is 1. The van der Waals surface area contributed by atoms with E-state index < -0.39 is 12.1 Å². The van der Waals surface area contributed by atoms with Crippen molar-refractivity contribution in [2.45, 2.75) is 25.5 Å². The standard InChI is InChI=1S/C20H27N5O3S/c1-24(16(9-26)17(27)11-29-2)15-8-25(19-18(15)22-12-23-20(19)21)13-28-10-14-6-4-3-5-7-14/h3-8,12,16-17,26-27H,9-11,13H2,1-2H3,(H2,21,22,23)/t16-,17+/m1/s1. The Bertz CT molecular complexity index is 921. The van der Waals surface area contributed by atoms with Gasteiger partial charge in [-0.1, -0.05) is 30.3 Å². The molecule has 4 N–H and O–H groups in total. The first kappa shape index (κ1) is 21.4. The lowest BCUT2D eigenvalue weighted by Gasteiger charge is -2.31. The van der Waals surface area contributed by atoms with Crippen LogP contribution >= 0.6 is 11.8 Å². The molecule has 2 atom stereocenters. The number of hydrogen-bond donors (Lipinski definition) is 3. The number of benzene rings is 1. The normalized spacial score (nSPS) is 13.5. The van der Waals surface area contributed by atoms with Crippen LogP contribution in [0.4, 0.5) is 11.5 Å². The van der Waals surface area contributed by atoms with E-state index in [1.807, 2.05) is 59.3 Å². The van der Waals surface area contributed by atoms with Crippen molar-refractivity contribution in [3.05, 3.63) is 48.4 Å². The van der Waals surface area contributed by atoms with Gasteiger partial charge < -0.3 is 30.2 Å². The lowest BCUT2D eigenvalue weighted by Crippen LogP contribution is -2.45. The zero-order chi connectivity index (χ0) is 20.8. The van der Waals surface area contributed by atoms with Crippen LogP contribution in [0.15, 0.2) is 42.9 Å². The highest BCUT2D eigenvalue weighted by Gasteiger charge is 2.26. The van der Waals surface area contributed by atoms with E-state index in [1.54, 1.807) is 0 Å². The van der Waals surface area contributed by atoms with Crippen LogP contribution in [-0.2, 0) is 18.1 Å². The number of aliphatic hydroxyl groups is 2. The number of ether oxygens (including phenoxy) is 1. The first-order chi connectivity index (χ1) is 14.1. The molecule has 2 heterocycles. The smallest absolute Gasteiger partial charge is 0.151 e. The van der Waals surface area contributed by atoms with E-state index >= 15 is 0 Å². The predicted octanol–water partition coefficient (Wildman–Crippen LogP) is 1.71. The van der Waals surface area contributed by atoms with Gasteiger partial charge in [0.15, 0.2) is 5.82 Å². The van der Waals surface area contributed by atoms with E-state index in [9.17, 15) is 10.2 Å². The minimum absolute atomic E-state index is 0.185. The van der Waals surface area contributed by atoms with Gasteiger partial charge in [-0.25, -0.2) is 9.97 Å². The van der Waals surface area contributed by atoms with Gasteiger partial charge in [-0.05, 0) is 11.8 Å². The number of rotatable bonds is 10. The summed E-state index contributed by atoms with van der Waals surface area (Å²) in [6.45, 7) is 0.551. The molecule has 0 aliphatic carbocycles. The minimum Gasteiger partial charge on any atom is -0.394 e. The fourth-order valence-corrected chi connectivity index (χ4v) is 3.86. The number of nitrogens with zero attached hydrogens (tertiary/aromatic N) is 4. The summed E-state index contributed by atoms with van der Waals surface area (Å²) < 4.78 is 7.72. The van der Waals surface area contributed by atoms with Gasteiger partial charge in [-0.2, -0.15) is 11.8 Å². The Hall–Kier alpha value is -2.33. The van der Waals surface area contributed by atoms with Gasteiger partial charge in [0.25, 0.3) is 0 Å². The molecule has 0 saturated carbocycles. The number of aromatic nitrogens is 3. The van der Waals surface area contributed by atoms with Crippen molar-refractivity contribution in [2.24, 2.45) is 0 Å². The van der Waals surface area contributed by atoms with Gasteiger partial charge in [0, 0.05) is 19.0 Å². The molecule has 29 heavy (non-hydrogen) atoms. The van der Waals surface area contributed by atoms with Gasteiger partial charge in [-0.3, -0.25) is 0 Å². The Balaban J connectivity index is 1.87. The Kier molecular flexibility index (Phi) is 7.32. The zero-order valence-electron chi connectivity index (χ0n) is 16.6. The van der Waals surface area contributed by atoms with Crippen LogP contribution in [0.2, 0.25) is 0 Å². The number of nitrogens with two attached hydrogens (primary N) is 1. The summed E-state index contributed by atoms with van der Waals surface area (Å²) in [6, 6.07) is 9.44. The SMILES string of the molecule is CSC[C@H](O)[C@@H](CO)N(C)c1cn(COCc2ccccc2)c2c(N)ncnc12. The molecule has 0 aliphatic heterocycles. The first-order valence-corrected chi connectivity index (χ1v) is 10.7. The van der Waals surface area contributed by atoms with Crippen LogP contribution in [0.5, 0.6) is 0 Å². The second-order valence-corrected chi connectivity index (χ2v) is 7.70. The van der Waals surface area contributed by atoms with Crippen molar-refractivity contribution in [3.63, 3.8) is 0 Å². The third-order valence-electron chi connectivity index (χ3n) is 4.85. The number of likely N-dealkylation sites (N-methyl/N-ethyl adjacent to an activating group) is 1. The lowest BCUT2D eigenvalue weighted by molar-refractivity contribution is 0.0668. The number of hydrogen-bond acceptors (Lipinski definition) is 8. The molecule has 0 amide bonds. The number of anilines is 2. The van der Waals surface area contributed by atoms with Gasteiger partial charge in [-0.15, -0.1) is 0 Å². The fraction of sp³-hybridized carbons (Fsp3) is 0.400. The molecule has 156 valence electrons. The molecule has 8 nitrogen and oxygen atoms in total. The summed E-state index contributed by atoms with van der Waals surface area (Å²) in [4.78, 5) is 10.3. The van der Waals surface area contributed by atoms with Crippen LogP contribution in [0.1, 0.15) is 5.56 Å². The third-order valence-corrected chi connectivity index (χ3v) is 5.52. The van der Waals surface area contributed by atoms with E-state index in [2.05, 4.69) is 9.97 Å². The molecule has 0 fully saturated rings. The van der Waals surface area contributed by atoms with Crippen LogP contribution in [-0.4, -0.2) is 62.6 Å². The van der Waals surface area contributed by atoms with Crippen molar-refractivity contribution in [1.82, 2.24) is 14.5 Å². The summed E-state index contributed by atoms with van der Waals surface area (Å²) in [5.41, 5.74) is 9.26. The average molecular weight is 418 g/mol. The highest BCUT2D eigenvalue weighted by molar-refractivity contribution is 7.98. The fourth-order valence-electron chi connectivity index (χ4n) is 3.30. The minimum atomic E-state index is -0.688. The van der Waals surface area contributed by atoms with E-state index in [0.717, 1.165) is 11.3 Å². The summed E-state index contributed by atoms with van der Waals surface area (Å²) >= 11 is 1.53. The molecule has 0 radical (unpaired) electrons. The summed E-state index contributed by atoms with van der Waals surface area (Å²) in [7, 11) is 1.83. The van der Waals surface area contributed by atoms with Crippen LogP contribution in [0, 0.1) is 0 Å². The lowest BCUT2D eigenvalue weighted by atomic mass is 10.1. The predicted molar refractivity (Wildman–Crippen MR) is 117 cm³/mol. The van der Waals surface area contributed by atoms with Gasteiger partial charge in [0.05, 0.1) is 31.0 Å². The maximum absolute atomic E-state index is 10.4. The van der Waals surface area contributed by atoms with Crippen molar-refractivity contribution in [2.75, 3.05) is 36.3 Å². The molecule has 3 rings (SSSR count). The second-order valence-electron chi connectivity index (χ2n) is 6.79. The van der Waals surface area contributed by atoms with Crippen molar-refractivity contribution >= 4 is 34.3 Å². The van der Waals surface area contributed by atoms with Gasteiger partial charge >= 0.3 is 0 Å². The van der Waals surface area contributed by atoms with Gasteiger partial charge in [0.1, 0.15) is 24.1 Å². The topological polar surface area (TPSA) is 110 Å². The quantitative estimate of drug-likeness (QED) is 0.457. The number of aliphatic hydroxyl groups excluding tert-OH is 2. The zero-order valence-corrected chi connectivity index (χ0v) is 17.4. The first-order valence-electron chi connectivity index (χ1n) is 9.28. The Morgan fingerprint density at radius 1 is 1.28 bits per heavy atom. The van der Waals surface area contributed by atoms with E-state index in [0.29, 0.717) is 29.2 Å². The summed E-state index contributed by atoms with van der Waals surface area (Å²) in [6.07, 6.45) is 4.51. The number of fused-ring (bicyclic) bond motifs is 1. The van der Waals surface area contributed by atoms with E-state index in [-0.39, 0.29) is 13.3 Å². The van der Waals surface area contributed by atoms with Crippen LogP contribution in [0.25, 0.3) is 11.0 Å². The molecular weight excluding hydrogens is 390 g/mol. The molecule has 2 aromatic heterocycles. The molecule has 0 spiro atoms. The van der Waals surface area contributed by atoms with Crippen molar-refractivity contribution in [3.8, 4) is 0 Å². The molecule has 0 aliphatic rings. The highest BCUT2D eigenvalue weighted by atomic mass is 32.2. The molecule has 0 saturated heterocycles. The molecule has 9 heteroatoms. The average Bonchev–Trinajstić information content (AvgIpc) is 3.09. The summed E-state index contributed by atoms with van der Waals surface area (Å²) in [5, 5.41) is 20.3. The highest BCUT2D eigenvalue weighted by Crippen LogP contribution is 2.31. The monoisotopic (exact) mass is 417 g/mol. The maximum Gasteiger partial charge on any atom is 0.151 e. The summed E-state index contributed by atoms with van der Waals surface area (Å²) in [5.74, 6) is 0.870. The molecule has 0 unspecified atom stereocenters. The van der Waals surface area contributed by atoms with E-state index in [1.165, 1.54) is 18.1 Å².